The quantitative estimate of drug-likeness (QED) is 0.793. The second kappa shape index (κ2) is 6.53. The Hall–Kier alpha value is -2.15. The summed E-state index contributed by atoms with van der Waals surface area (Å²) < 4.78 is 13.8. The second-order valence-electron chi connectivity index (χ2n) is 5.02. The molecule has 0 atom stereocenters. The highest BCUT2D eigenvalue weighted by Gasteiger charge is 2.22. The molecule has 3 N–H and O–H groups in total. The average Bonchev–Trinajstić information content (AvgIpc) is 2.49. The van der Waals surface area contributed by atoms with Crippen molar-refractivity contribution >= 4 is 17.7 Å². The van der Waals surface area contributed by atoms with Crippen LogP contribution in [0.5, 0.6) is 0 Å². The summed E-state index contributed by atoms with van der Waals surface area (Å²) in [6, 6.07) is 3.12. The fraction of sp³-hybridized carbons (Fsp3) is 0.429. The highest BCUT2D eigenvalue weighted by Crippen LogP contribution is 2.18. The number of hydrogen-bond acceptors (Lipinski definition) is 3. The number of piperidine rings is 1. The van der Waals surface area contributed by atoms with E-state index in [1.807, 2.05) is 0 Å². The first-order valence-electron chi connectivity index (χ1n) is 6.76. The first-order chi connectivity index (χ1) is 9.99. The molecule has 1 saturated heterocycles. The van der Waals surface area contributed by atoms with Crippen LogP contribution in [0.15, 0.2) is 18.2 Å². The summed E-state index contributed by atoms with van der Waals surface area (Å²) in [5.41, 5.74) is -0.178. The lowest BCUT2D eigenvalue weighted by Crippen LogP contribution is -2.45. The molecule has 1 aromatic carbocycles. The number of hydrogen-bond donors (Lipinski definition) is 3. The van der Waals surface area contributed by atoms with Gasteiger partial charge in [0.25, 0.3) is 0 Å². The van der Waals surface area contributed by atoms with Crippen LogP contribution in [-0.4, -0.2) is 48.2 Å². The largest absolute Gasteiger partial charge is 0.478 e. The first kappa shape index (κ1) is 15.2. The van der Waals surface area contributed by atoms with E-state index in [-0.39, 0.29) is 17.3 Å². The Morgan fingerprint density at radius 1 is 1.38 bits per heavy atom. The molecule has 0 unspecified atom stereocenters. The molecule has 1 aliphatic rings. The summed E-state index contributed by atoms with van der Waals surface area (Å²) in [5.74, 6) is -1.97. The number of amides is 2. The lowest BCUT2D eigenvalue weighted by atomic mass is 10.1. The van der Waals surface area contributed by atoms with Gasteiger partial charge >= 0.3 is 12.0 Å². The van der Waals surface area contributed by atoms with E-state index < -0.39 is 17.8 Å². The molecule has 1 aromatic rings. The molecule has 0 aromatic heterocycles. The number of carboxylic acid groups (broad SMARTS) is 1. The van der Waals surface area contributed by atoms with E-state index in [1.54, 1.807) is 11.9 Å². The van der Waals surface area contributed by atoms with E-state index in [0.717, 1.165) is 32.0 Å². The Morgan fingerprint density at radius 3 is 2.62 bits per heavy atom. The zero-order valence-electron chi connectivity index (χ0n) is 11.7. The molecule has 2 rings (SSSR count). The van der Waals surface area contributed by atoms with Crippen molar-refractivity contribution in [1.82, 2.24) is 10.2 Å². The summed E-state index contributed by atoms with van der Waals surface area (Å²) in [6.07, 6.45) is 1.70. The van der Waals surface area contributed by atoms with E-state index in [1.165, 1.54) is 12.1 Å². The van der Waals surface area contributed by atoms with Gasteiger partial charge in [0.2, 0.25) is 0 Å². The van der Waals surface area contributed by atoms with Crippen molar-refractivity contribution in [2.24, 2.45) is 0 Å². The third kappa shape index (κ3) is 3.69. The number of nitrogens with one attached hydrogen (secondary N) is 2. The van der Waals surface area contributed by atoms with Crippen molar-refractivity contribution in [3.05, 3.63) is 29.6 Å². The van der Waals surface area contributed by atoms with Crippen LogP contribution in [0.3, 0.4) is 0 Å². The van der Waals surface area contributed by atoms with Crippen LogP contribution in [0.2, 0.25) is 0 Å². The number of urea groups is 1. The average molecular weight is 295 g/mol. The number of anilines is 1. The summed E-state index contributed by atoms with van der Waals surface area (Å²) in [5, 5.41) is 14.5. The zero-order valence-corrected chi connectivity index (χ0v) is 11.7. The smallest absolute Gasteiger partial charge is 0.335 e. The van der Waals surface area contributed by atoms with Crippen molar-refractivity contribution in [3.8, 4) is 0 Å². The maximum absolute atomic E-state index is 13.8. The van der Waals surface area contributed by atoms with Gasteiger partial charge in [-0.05, 0) is 44.1 Å². The number of aromatic carboxylic acids is 1. The molecule has 114 valence electrons. The van der Waals surface area contributed by atoms with Gasteiger partial charge in [-0.15, -0.1) is 0 Å². The molecule has 0 bridgehead atoms. The van der Waals surface area contributed by atoms with Gasteiger partial charge < -0.3 is 20.6 Å². The third-order valence-electron chi connectivity index (χ3n) is 3.63. The lowest BCUT2D eigenvalue weighted by Gasteiger charge is -2.31. The molecule has 1 aliphatic heterocycles. The van der Waals surface area contributed by atoms with Crippen molar-refractivity contribution in [2.45, 2.75) is 18.9 Å². The summed E-state index contributed by atoms with van der Waals surface area (Å²) in [4.78, 5) is 24.4. The normalized spacial score (nSPS) is 15.5. The molecule has 7 heteroatoms. The van der Waals surface area contributed by atoms with Gasteiger partial charge in [-0.1, -0.05) is 0 Å². The molecule has 21 heavy (non-hydrogen) atoms. The third-order valence-corrected chi connectivity index (χ3v) is 3.63. The first-order valence-corrected chi connectivity index (χ1v) is 6.76. The van der Waals surface area contributed by atoms with Gasteiger partial charge in [-0.25, -0.2) is 14.0 Å². The molecule has 0 radical (unpaired) electrons. The predicted molar refractivity (Wildman–Crippen MR) is 76.0 cm³/mol. The highest BCUT2D eigenvalue weighted by molar-refractivity contribution is 5.91. The van der Waals surface area contributed by atoms with Crippen LogP contribution in [0.4, 0.5) is 14.9 Å². The standard InChI is InChI=1S/C14H18FN3O3/c1-18(10-4-6-16-7-5-10)14(21)17-12-3-2-9(13(19)20)8-11(12)15/h2-3,8,10,16H,4-7H2,1H3,(H,17,21)(H,19,20). The monoisotopic (exact) mass is 295 g/mol. The van der Waals surface area contributed by atoms with Crippen molar-refractivity contribution in [2.75, 3.05) is 25.5 Å². The van der Waals surface area contributed by atoms with Crippen LogP contribution < -0.4 is 10.6 Å². The van der Waals surface area contributed by atoms with Gasteiger partial charge in [0.15, 0.2) is 0 Å². The summed E-state index contributed by atoms with van der Waals surface area (Å²) in [6.45, 7) is 1.70. The van der Waals surface area contributed by atoms with E-state index in [9.17, 15) is 14.0 Å². The minimum atomic E-state index is -1.21. The maximum atomic E-state index is 13.8. The Labute approximate surface area is 121 Å². The predicted octanol–water partition coefficient (Wildman–Crippen LogP) is 1.74. The second-order valence-corrected chi connectivity index (χ2v) is 5.02. The van der Waals surface area contributed by atoms with Crippen molar-refractivity contribution < 1.29 is 19.1 Å². The Bertz CT molecular complexity index is 544. The van der Waals surface area contributed by atoms with E-state index in [4.69, 9.17) is 5.11 Å². The van der Waals surface area contributed by atoms with Gasteiger partial charge in [-0.2, -0.15) is 0 Å². The molecule has 1 heterocycles. The van der Waals surface area contributed by atoms with Crippen LogP contribution in [0, 0.1) is 5.82 Å². The topological polar surface area (TPSA) is 81.7 Å². The fourth-order valence-corrected chi connectivity index (χ4v) is 2.31. The Balaban J connectivity index is 2.03. The van der Waals surface area contributed by atoms with Gasteiger partial charge in [-0.3, -0.25) is 0 Å². The molecule has 0 aliphatic carbocycles. The molecule has 1 fully saturated rings. The van der Waals surface area contributed by atoms with Crippen LogP contribution >= 0.6 is 0 Å². The molecule has 0 spiro atoms. The van der Waals surface area contributed by atoms with Gasteiger partial charge in [0.05, 0.1) is 11.3 Å². The van der Waals surface area contributed by atoms with E-state index in [0.29, 0.717) is 0 Å². The summed E-state index contributed by atoms with van der Waals surface area (Å²) in [7, 11) is 1.68. The number of carboxylic acids is 1. The zero-order chi connectivity index (χ0) is 15.4. The maximum Gasteiger partial charge on any atom is 0.335 e. The van der Waals surface area contributed by atoms with E-state index in [2.05, 4.69) is 10.6 Å². The van der Waals surface area contributed by atoms with Crippen LogP contribution in [-0.2, 0) is 0 Å². The summed E-state index contributed by atoms with van der Waals surface area (Å²) >= 11 is 0. The Morgan fingerprint density at radius 2 is 2.05 bits per heavy atom. The lowest BCUT2D eigenvalue weighted by molar-refractivity contribution is 0.0696. The number of benzene rings is 1. The molecule has 0 saturated carbocycles. The number of carbonyl (C=O) groups excluding carboxylic acids is 1. The van der Waals surface area contributed by atoms with Crippen LogP contribution in [0.25, 0.3) is 0 Å². The molecule has 6 nitrogen and oxygen atoms in total. The minimum absolute atomic E-state index is 0.0224. The minimum Gasteiger partial charge on any atom is -0.478 e. The SMILES string of the molecule is CN(C(=O)Nc1ccc(C(=O)O)cc1F)C1CCNCC1. The molecule has 2 amide bonds. The number of halogens is 1. The van der Waals surface area contributed by atoms with E-state index >= 15 is 0 Å². The van der Waals surface area contributed by atoms with Crippen molar-refractivity contribution in [1.29, 1.82) is 0 Å². The Kier molecular flexibility index (Phi) is 4.74. The molecular weight excluding hydrogens is 277 g/mol. The fourth-order valence-electron chi connectivity index (χ4n) is 2.31. The van der Waals surface area contributed by atoms with Gasteiger partial charge in [0.1, 0.15) is 5.82 Å². The number of rotatable bonds is 3. The van der Waals surface area contributed by atoms with Crippen molar-refractivity contribution in [3.63, 3.8) is 0 Å². The van der Waals surface area contributed by atoms with Crippen LogP contribution in [0.1, 0.15) is 23.2 Å². The van der Waals surface area contributed by atoms with Gasteiger partial charge in [0, 0.05) is 13.1 Å². The number of nitrogens with zero attached hydrogens (tertiary/aromatic N) is 1. The number of carbonyl (C=O) groups is 2. The molecular formula is C14H18FN3O3. The highest BCUT2D eigenvalue weighted by atomic mass is 19.1.